The minimum atomic E-state index is -1.04. The van der Waals surface area contributed by atoms with Crippen molar-refractivity contribution in [2.75, 3.05) is 12.4 Å². The van der Waals surface area contributed by atoms with Crippen LogP contribution in [0.5, 0.6) is 5.75 Å². The zero-order valence-electron chi connectivity index (χ0n) is 19.1. The average molecular weight is 533 g/mol. The van der Waals surface area contributed by atoms with Gasteiger partial charge in [-0.3, -0.25) is 3.97 Å². The van der Waals surface area contributed by atoms with Crippen molar-refractivity contribution in [3.05, 3.63) is 101 Å². The Morgan fingerprint density at radius 2 is 2.08 bits per heavy atom. The number of rotatable bonds is 10. The first kappa shape index (κ1) is 25.4. The van der Waals surface area contributed by atoms with Crippen LogP contribution in [0, 0.1) is 11.3 Å². The van der Waals surface area contributed by atoms with Crippen molar-refractivity contribution < 1.29 is 14.6 Å². The van der Waals surface area contributed by atoms with E-state index in [9.17, 15) is 10.1 Å². The first-order valence-corrected chi connectivity index (χ1v) is 13.1. The molecule has 0 spiro atoms. The largest absolute Gasteiger partial charge is 0.482 e. The van der Waals surface area contributed by atoms with Gasteiger partial charge in [-0.25, -0.2) is 4.79 Å². The Hall–Kier alpha value is -3.70. The Morgan fingerprint density at radius 3 is 2.86 bits per heavy atom. The fourth-order valence-electron chi connectivity index (χ4n) is 3.80. The van der Waals surface area contributed by atoms with Gasteiger partial charge < -0.3 is 9.84 Å². The van der Waals surface area contributed by atoms with Crippen LogP contribution < -0.4 is 4.74 Å². The highest BCUT2D eigenvalue weighted by atomic mass is 35.5. The van der Waals surface area contributed by atoms with Gasteiger partial charge in [0.15, 0.2) is 6.61 Å². The number of nitriles is 1. The number of ether oxygens (including phenoxy) is 1. The molecule has 8 heteroatoms. The summed E-state index contributed by atoms with van der Waals surface area (Å²) >= 11 is 9.15. The summed E-state index contributed by atoms with van der Waals surface area (Å²) in [5, 5.41) is 22.3. The van der Waals surface area contributed by atoms with Gasteiger partial charge in [-0.2, -0.15) is 5.26 Å². The molecule has 2 aromatic heterocycles. The molecule has 0 aliphatic carbocycles. The van der Waals surface area contributed by atoms with Crippen molar-refractivity contribution in [3.8, 4) is 34.2 Å². The van der Waals surface area contributed by atoms with Crippen LogP contribution in [-0.2, 0) is 4.79 Å². The summed E-state index contributed by atoms with van der Waals surface area (Å²) in [6.45, 7) is 3.23. The van der Waals surface area contributed by atoms with Gasteiger partial charge in [-0.05, 0) is 53.7 Å². The quantitative estimate of drug-likeness (QED) is 0.211. The fourth-order valence-corrected chi connectivity index (χ4v) is 5.62. The number of thiophene rings is 1. The molecule has 5 nitrogen and oxygen atoms in total. The number of halogens is 1. The molecule has 0 fully saturated rings. The number of hydrogen-bond acceptors (Lipinski definition) is 5. The maximum atomic E-state index is 11.0. The number of nitrogens with zero attached hydrogens (tertiary/aromatic N) is 2. The average Bonchev–Trinajstić information content (AvgIpc) is 3.48. The highest BCUT2D eigenvalue weighted by molar-refractivity contribution is 7.98. The summed E-state index contributed by atoms with van der Waals surface area (Å²) in [5.74, 6) is 0.0457. The molecule has 1 N–H and O–H groups in total. The number of hydrogen-bond donors (Lipinski definition) is 1. The second-order valence-electron chi connectivity index (χ2n) is 7.51. The van der Waals surface area contributed by atoms with Crippen LogP contribution in [-0.4, -0.2) is 27.4 Å². The smallest absolute Gasteiger partial charge is 0.341 e. The van der Waals surface area contributed by atoms with E-state index in [1.807, 2.05) is 66.1 Å². The molecular weight excluding hydrogens is 512 g/mol. The molecule has 0 unspecified atom stereocenters. The lowest BCUT2D eigenvalue weighted by Gasteiger charge is -2.12. The van der Waals surface area contributed by atoms with Gasteiger partial charge >= 0.3 is 5.97 Å². The SMILES string of the molecule is C=C/C=C(Cl)\C=C/CSn1c(-c2cccc(OCC(=O)O)c2)c(-c2ccsc2C#N)c2ccccc21. The van der Waals surface area contributed by atoms with Gasteiger partial charge in [0.1, 0.15) is 16.7 Å². The van der Waals surface area contributed by atoms with E-state index >= 15 is 0 Å². The molecule has 0 atom stereocenters. The van der Waals surface area contributed by atoms with E-state index in [0.717, 1.165) is 33.3 Å². The minimum Gasteiger partial charge on any atom is -0.482 e. The second-order valence-corrected chi connectivity index (χ2v) is 9.82. The molecule has 0 amide bonds. The molecular formula is C28H21ClN2O3S2. The van der Waals surface area contributed by atoms with Crippen LogP contribution in [0.4, 0.5) is 0 Å². The summed E-state index contributed by atoms with van der Waals surface area (Å²) in [6, 6.07) is 19.7. The van der Waals surface area contributed by atoms with E-state index in [1.54, 1.807) is 30.2 Å². The fraction of sp³-hybridized carbons (Fsp3) is 0.0714. The molecule has 2 heterocycles. The summed E-state index contributed by atoms with van der Waals surface area (Å²) in [6.07, 6.45) is 7.16. The lowest BCUT2D eigenvalue weighted by atomic mass is 9.99. The third kappa shape index (κ3) is 5.58. The Kier molecular flexibility index (Phi) is 8.34. The van der Waals surface area contributed by atoms with Gasteiger partial charge in [0.05, 0.1) is 11.2 Å². The zero-order valence-corrected chi connectivity index (χ0v) is 21.4. The van der Waals surface area contributed by atoms with Crippen molar-refractivity contribution in [3.63, 3.8) is 0 Å². The summed E-state index contributed by atoms with van der Waals surface area (Å²) in [7, 11) is 0. The van der Waals surface area contributed by atoms with E-state index in [-0.39, 0.29) is 0 Å². The molecule has 0 aliphatic heterocycles. The summed E-state index contributed by atoms with van der Waals surface area (Å²) in [4.78, 5) is 11.7. The lowest BCUT2D eigenvalue weighted by Crippen LogP contribution is -2.09. The van der Waals surface area contributed by atoms with E-state index in [0.29, 0.717) is 21.4 Å². The van der Waals surface area contributed by atoms with Crippen molar-refractivity contribution >= 4 is 51.8 Å². The Labute approximate surface area is 222 Å². The number of aliphatic carboxylic acids is 1. The van der Waals surface area contributed by atoms with Gasteiger partial charge in [0.25, 0.3) is 0 Å². The number of allylic oxidation sites excluding steroid dienone is 4. The predicted octanol–water partition coefficient (Wildman–Crippen LogP) is 7.73. The van der Waals surface area contributed by atoms with Gasteiger partial charge in [-0.15, -0.1) is 11.3 Å². The maximum absolute atomic E-state index is 11.0. The van der Waals surface area contributed by atoms with E-state index in [1.165, 1.54) is 11.3 Å². The molecule has 180 valence electrons. The van der Waals surface area contributed by atoms with E-state index < -0.39 is 12.6 Å². The molecule has 0 radical (unpaired) electrons. The summed E-state index contributed by atoms with van der Waals surface area (Å²) in [5.41, 5.74) is 4.55. The number of carboxylic acid groups (broad SMARTS) is 1. The first-order valence-electron chi connectivity index (χ1n) is 10.9. The number of carbonyl (C=O) groups is 1. The highest BCUT2D eigenvalue weighted by Crippen LogP contribution is 2.45. The normalized spacial score (nSPS) is 11.6. The molecule has 0 aliphatic rings. The molecule has 36 heavy (non-hydrogen) atoms. The standard InChI is InChI=1S/C28H21ClN2O3S2/c1-2-7-20(29)9-6-14-36-31-24-12-4-3-11-22(24)27(23-13-15-35-25(23)17-30)28(31)19-8-5-10-21(16-19)34-18-26(32)33/h2-13,15-16H,1,14,18H2,(H,32,33)/b9-6-,20-7+. The minimum absolute atomic E-state index is 0.430. The van der Waals surface area contributed by atoms with E-state index in [4.69, 9.17) is 21.4 Å². The molecule has 2 aromatic carbocycles. The molecule has 0 saturated heterocycles. The summed E-state index contributed by atoms with van der Waals surface area (Å²) < 4.78 is 7.61. The molecule has 0 saturated carbocycles. The third-order valence-electron chi connectivity index (χ3n) is 5.19. The number of fused-ring (bicyclic) bond motifs is 1. The van der Waals surface area contributed by atoms with Gasteiger partial charge in [-0.1, -0.05) is 60.7 Å². The van der Waals surface area contributed by atoms with Gasteiger partial charge in [0.2, 0.25) is 0 Å². The second kappa shape index (κ2) is 11.8. The number of carboxylic acids is 1. The van der Waals surface area contributed by atoms with Crippen LogP contribution in [0.15, 0.2) is 95.9 Å². The van der Waals surface area contributed by atoms with Crippen LogP contribution in [0.25, 0.3) is 33.3 Å². The maximum Gasteiger partial charge on any atom is 0.341 e. The van der Waals surface area contributed by atoms with Crippen molar-refractivity contribution in [2.45, 2.75) is 0 Å². The first-order chi connectivity index (χ1) is 17.5. The number of aromatic nitrogens is 1. The van der Waals surface area contributed by atoms with E-state index in [2.05, 4.69) is 16.6 Å². The topological polar surface area (TPSA) is 75.2 Å². The molecule has 4 aromatic rings. The number of benzene rings is 2. The third-order valence-corrected chi connectivity index (χ3v) is 7.24. The highest BCUT2D eigenvalue weighted by Gasteiger charge is 2.23. The zero-order chi connectivity index (χ0) is 25.5. The van der Waals surface area contributed by atoms with Crippen molar-refractivity contribution in [1.29, 1.82) is 5.26 Å². The van der Waals surface area contributed by atoms with Crippen molar-refractivity contribution in [2.24, 2.45) is 0 Å². The number of para-hydroxylation sites is 1. The van der Waals surface area contributed by atoms with Crippen LogP contribution in [0.1, 0.15) is 4.88 Å². The van der Waals surface area contributed by atoms with Crippen molar-refractivity contribution in [1.82, 2.24) is 3.97 Å². The Balaban J connectivity index is 1.90. The van der Waals surface area contributed by atoms with Crippen LogP contribution in [0.3, 0.4) is 0 Å². The monoisotopic (exact) mass is 532 g/mol. The van der Waals surface area contributed by atoms with Gasteiger partial charge in [0, 0.05) is 32.9 Å². The predicted molar refractivity (Wildman–Crippen MR) is 150 cm³/mol. The Morgan fingerprint density at radius 1 is 1.25 bits per heavy atom. The molecule has 4 rings (SSSR count). The van der Waals surface area contributed by atoms with Crippen LogP contribution in [0.2, 0.25) is 0 Å². The van der Waals surface area contributed by atoms with Crippen LogP contribution >= 0.6 is 34.9 Å². The molecule has 0 bridgehead atoms. The lowest BCUT2D eigenvalue weighted by molar-refractivity contribution is -0.139. The Bertz CT molecular complexity index is 1530.